The topological polar surface area (TPSA) is 26.0 Å². The minimum Gasteiger partial charge on any atom is -0.324 e. The normalized spacial score (nSPS) is 21.8. The molecular formula is C9H10IN. The highest BCUT2D eigenvalue weighted by molar-refractivity contribution is 14.1. The summed E-state index contributed by atoms with van der Waals surface area (Å²) in [6.07, 6.45) is 2.28. The van der Waals surface area contributed by atoms with Gasteiger partial charge in [0, 0.05) is 9.61 Å². The summed E-state index contributed by atoms with van der Waals surface area (Å²) in [6, 6.07) is 6.82. The molecule has 0 bridgehead atoms. The first kappa shape index (κ1) is 7.55. The van der Waals surface area contributed by atoms with Crippen LogP contribution >= 0.6 is 22.6 Å². The maximum absolute atomic E-state index is 5.89. The molecular weight excluding hydrogens is 249 g/mol. The van der Waals surface area contributed by atoms with Crippen LogP contribution in [-0.4, -0.2) is 0 Å². The van der Waals surface area contributed by atoms with Crippen molar-refractivity contribution in [1.29, 1.82) is 0 Å². The molecule has 0 aliphatic heterocycles. The summed E-state index contributed by atoms with van der Waals surface area (Å²) in [5, 5.41) is 0. The van der Waals surface area contributed by atoms with E-state index < -0.39 is 0 Å². The molecule has 0 radical (unpaired) electrons. The van der Waals surface area contributed by atoms with Crippen molar-refractivity contribution in [2.45, 2.75) is 18.9 Å². The summed E-state index contributed by atoms with van der Waals surface area (Å²) in [7, 11) is 0. The predicted molar refractivity (Wildman–Crippen MR) is 54.4 cm³/mol. The lowest BCUT2D eigenvalue weighted by Crippen LogP contribution is -2.04. The van der Waals surface area contributed by atoms with Crippen LogP contribution in [0.15, 0.2) is 18.2 Å². The second-order valence-electron chi connectivity index (χ2n) is 2.99. The minimum absolute atomic E-state index is 0.294. The summed E-state index contributed by atoms with van der Waals surface area (Å²) in [4.78, 5) is 0. The Balaban J connectivity index is 2.50. The molecule has 1 aromatic carbocycles. The van der Waals surface area contributed by atoms with Crippen LogP contribution < -0.4 is 5.73 Å². The Morgan fingerprint density at radius 3 is 3.09 bits per heavy atom. The zero-order valence-corrected chi connectivity index (χ0v) is 8.34. The van der Waals surface area contributed by atoms with E-state index in [1.54, 1.807) is 0 Å². The monoisotopic (exact) mass is 259 g/mol. The van der Waals surface area contributed by atoms with Crippen molar-refractivity contribution in [3.8, 4) is 0 Å². The van der Waals surface area contributed by atoms with E-state index in [1.165, 1.54) is 14.7 Å². The predicted octanol–water partition coefficient (Wildman–Crippen LogP) is 2.24. The van der Waals surface area contributed by atoms with E-state index in [1.807, 2.05) is 0 Å². The first-order valence-corrected chi connectivity index (χ1v) is 4.89. The van der Waals surface area contributed by atoms with Gasteiger partial charge in [-0.1, -0.05) is 6.07 Å². The third kappa shape index (κ3) is 1.29. The lowest BCUT2D eigenvalue weighted by molar-refractivity contribution is 0.713. The number of hydrogen-bond acceptors (Lipinski definition) is 1. The van der Waals surface area contributed by atoms with Gasteiger partial charge in [0.1, 0.15) is 0 Å². The van der Waals surface area contributed by atoms with Crippen LogP contribution in [0.5, 0.6) is 0 Å². The Hall–Kier alpha value is -0.0900. The highest BCUT2D eigenvalue weighted by Gasteiger charge is 2.17. The van der Waals surface area contributed by atoms with Gasteiger partial charge in [0.05, 0.1) is 0 Å². The Kier molecular flexibility index (Phi) is 1.89. The van der Waals surface area contributed by atoms with Gasteiger partial charge in [0.25, 0.3) is 0 Å². The fourth-order valence-corrected chi connectivity index (χ4v) is 2.17. The summed E-state index contributed by atoms with van der Waals surface area (Å²) < 4.78 is 1.32. The molecule has 11 heavy (non-hydrogen) atoms. The van der Waals surface area contributed by atoms with Crippen molar-refractivity contribution < 1.29 is 0 Å². The van der Waals surface area contributed by atoms with E-state index in [2.05, 4.69) is 40.8 Å². The number of halogens is 1. The number of rotatable bonds is 0. The highest BCUT2D eigenvalue weighted by atomic mass is 127. The Bertz CT molecular complexity index is 283. The Morgan fingerprint density at radius 1 is 1.45 bits per heavy atom. The molecule has 1 aromatic rings. The Morgan fingerprint density at radius 2 is 2.27 bits per heavy atom. The second kappa shape index (κ2) is 2.75. The number of hydrogen-bond donors (Lipinski definition) is 1. The molecule has 0 saturated carbocycles. The van der Waals surface area contributed by atoms with Crippen LogP contribution in [0.3, 0.4) is 0 Å². The third-order valence-electron chi connectivity index (χ3n) is 2.23. The first-order valence-electron chi connectivity index (χ1n) is 3.81. The molecule has 2 rings (SSSR count). The van der Waals surface area contributed by atoms with Crippen LogP contribution in [-0.2, 0) is 6.42 Å². The number of aryl methyl sites for hydroxylation is 1. The van der Waals surface area contributed by atoms with Gasteiger partial charge in [-0.25, -0.2) is 0 Å². The van der Waals surface area contributed by atoms with Crippen LogP contribution in [0, 0.1) is 3.57 Å². The quantitative estimate of drug-likeness (QED) is 0.710. The van der Waals surface area contributed by atoms with Gasteiger partial charge < -0.3 is 5.73 Å². The van der Waals surface area contributed by atoms with Crippen molar-refractivity contribution in [3.63, 3.8) is 0 Å². The summed E-state index contributed by atoms with van der Waals surface area (Å²) in [6.45, 7) is 0. The minimum atomic E-state index is 0.294. The summed E-state index contributed by atoms with van der Waals surface area (Å²) in [5.74, 6) is 0. The molecule has 2 heteroatoms. The Labute approximate surface area is 80.1 Å². The number of benzene rings is 1. The molecule has 58 valence electrons. The average molecular weight is 259 g/mol. The largest absolute Gasteiger partial charge is 0.324 e. The molecule has 0 aromatic heterocycles. The molecule has 0 spiro atoms. The highest BCUT2D eigenvalue weighted by Crippen LogP contribution is 2.29. The molecule has 0 heterocycles. The van der Waals surface area contributed by atoms with Gasteiger partial charge in [-0.05, 0) is 58.7 Å². The van der Waals surface area contributed by atoms with Crippen molar-refractivity contribution in [2.24, 2.45) is 5.73 Å². The fraction of sp³-hybridized carbons (Fsp3) is 0.333. The first-order chi connectivity index (χ1) is 5.27. The number of fused-ring (bicyclic) bond motifs is 1. The fourth-order valence-electron chi connectivity index (χ4n) is 1.62. The average Bonchev–Trinajstić information content (AvgIpc) is 2.32. The lowest BCUT2D eigenvalue weighted by Gasteiger charge is -2.03. The van der Waals surface area contributed by atoms with Gasteiger partial charge in [0.2, 0.25) is 0 Å². The molecule has 1 atom stereocenters. The second-order valence-corrected chi connectivity index (χ2v) is 4.23. The number of nitrogens with two attached hydrogens (primary N) is 1. The van der Waals surface area contributed by atoms with Crippen molar-refractivity contribution in [3.05, 3.63) is 32.9 Å². The maximum Gasteiger partial charge on any atom is 0.0300 e. The van der Waals surface area contributed by atoms with Crippen molar-refractivity contribution in [2.75, 3.05) is 0 Å². The van der Waals surface area contributed by atoms with Gasteiger partial charge in [-0.15, -0.1) is 0 Å². The molecule has 0 fully saturated rings. The van der Waals surface area contributed by atoms with Crippen molar-refractivity contribution >= 4 is 22.6 Å². The van der Waals surface area contributed by atoms with Gasteiger partial charge in [0.15, 0.2) is 0 Å². The van der Waals surface area contributed by atoms with Crippen LogP contribution in [0.2, 0.25) is 0 Å². The van der Waals surface area contributed by atoms with Gasteiger partial charge >= 0.3 is 0 Å². The summed E-state index contributed by atoms with van der Waals surface area (Å²) >= 11 is 2.34. The third-order valence-corrected chi connectivity index (χ3v) is 2.90. The van der Waals surface area contributed by atoms with E-state index in [0.717, 1.165) is 12.8 Å². The maximum atomic E-state index is 5.89. The molecule has 0 amide bonds. The molecule has 1 nitrogen and oxygen atoms in total. The zero-order valence-electron chi connectivity index (χ0n) is 6.18. The van der Waals surface area contributed by atoms with E-state index in [0.29, 0.717) is 6.04 Å². The smallest absolute Gasteiger partial charge is 0.0300 e. The van der Waals surface area contributed by atoms with Crippen LogP contribution in [0.25, 0.3) is 0 Å². The summed E-state index contributed by atoms with van der Waals surface area (Å²) in [5.41, 5.74) is 8.69. The van der Waals surface area contributed by atoms with Crippen molar-refractivity contribution in [1.82, 2.24) is 0 Å². The molecule has 2 N–H and O–H groups in total. The molecule has 0 saturated heterocycles. The van der Waals surface area contributed by atoms with E-state index in [-0.39, 0.29) is 0 Å². The molecule has 1 aliphatic rings. The van der Waals surface area contributed by atoms with Crippen LogP contribution in [0.4, 0.5) is 0 Å². The van der Waals surface area contributed by atoms with Crippen LogP contribution in [0.1, 0.15) is 23.6 Å². The SMILES string of the molecule is NC1CCc2cc(I)ccc21. The zero-order chi connectivity index (χ0) is 7.84. The van der Waals surface area contributed by atoms with E-state index in [4.69, 9.17) is 5.73 Å². The van der Waals surface area contributed by atoms with Gasteiger partial charge in [-0.3, -0.25) is 0 Å². The van der Waals surface area contributed by atoms with E-state index in [9.17, 15) is 0 Å². The van der Waals surface area contributed by atoms with E-state index >= 15 is 0 Å². The molecule has 1 aliphatic carbocycles. The van der Waals surface area contributed by atoms with Gasteiger partial charge in [-0.2, -0.15) is 0 Å². The standard InChI is InChI=1S/C9H10IN/c10-7-2-3-8-6(5-7)1-4-9(8)11/h2-3,5,9H,1,4,11H2. The lowest BCUT2D eigenvalue weighted by atomic mass is 10.1. The molecule has 1 unspecified atom stereocenters.